The molecule has 0 spiro atoms. The maximum absolute atomic E-state index is 13.5. The molecule has 2 heterocycles. The van der Waals surface area contributed by atoms with Gasteiger partial charge in [0.05, 0.1) is 11.6 Å². The third-order valence-electron chi connectivity index (χ3n) is 7.05. The molecular weight excluding hydrogens is 468 g/mol. The molecule has 0 saturated carbocycles. The summed E-state index contributed by atoms with van der Waals surface area (Å²) in [6.07, 6.45) is 0. The molecule has 1 amide bonds. The number of hydrogen-bond acceptors (Lipinski definition) is 6. The summed E-state index contributed by atoms with van der Waals surface area (Å²) in [4.78, 5) is 30.8. The van der Waals surface area contributed by atoms with Crippen molar-refractivity contribution >= 4 is 28.8 Å². The third kappa shape index (κ3) is 4.20. The van der Waals surface area contributed by atoms with Crippen molar-refractivity contribution in [3.63, 3.8) is 0 Å². The van der Waals surface area contributed by atoms with Crippen LogP contribution in [0.15, 0.2) is 66.2 Å². The summed E-state index contributed by atoms with van der Waals surface area (Å²) in [7, 11) is 0. The molecule has 5 rings (SSSR count). The average molecular weight is 499 g/mol. The molecule has 0 aliphatic carbocycles. The number of benzene rings is 3. The first kappa shape index (κ1) is 24.4. The first-order valence-electron chi connectivity index (χ1n) is 12.5. The number of ketones is 1. The van der Waals surface area contributed by atoms with E-state index in [-0.39, 0.29) is 18.1 Å². The molecule has 1 atom stereocenters. The number of amides is 1. The quantitative estimate of drug-likeness (QED) is 0.275. The molecule has 190 valence electrons. The normalized spacial score (nSPS) is 17.9. The number of aliphatic hydroxyl groups excluding tert-OH is 1. The van der Waals surface area contributed by atoms with Crippen LogP contribution in [-0.4, -0.2) is 36.7 Å². The number of anilines is 2. The Balaban J connectivity index is 1.69. The lowest BCUT2D eigenvalue weighted by molar-refractivity contribution is -0.132. The Kier molecular flexibility index (Phi) is 6.38. The summed E-state index contributed by atoms with van der Waals surface area (Å²) in [6, 6.07) is 17.8. The van der Waals surface area contributed by atoms with Crippen LogP contribution in [0.3, 0.4) is 0 Å². The molecule has 37 heavy (non-hydrogen) atoms. The van der Waals surface area contributed by atoms with Crippen LogP contribution in [0.5, 0.6) is 11.5 Å². The predicted molar refractivity (Wildman–Crippen MR) is 143 cm³/mol. The highest BCUT2D eigenvalue weighted by atomic mass is 16.7. The van der Waals surface area contributed by atoms with Gasteiger partial charge in [-0.3, -0.25) is 14.5 Å². The molecule has 0 aromatic heterocycles. The van der Waals surface area contributed by atoms with Gasteiger partial charge < -0.3 is 19.5 Å². The molecule has 1 saturated heterocycles. The van der Waals surface area contributed by atoms with E-state index in [0.29, 0.717) is 22.7 Å². The van der Waals surface area contributed by atoms with E-state index in [2.05, 4.69) is 18.7 Å². The van der Waals surface area contributed by atoms with Gasteiger partial charge in [-0.25, -0.2) is 0 Å². The Morgan fingerprint density at radius 3 is 2.35 bits per heavy atom. The number of Topliss-reactive ketones (excluding diaryl/α,β-unsaturated/α-hetero) is 1. The highest BCUT2D eigenvalue weighted by Crippen LogP contribution is 2.44. The van der Waals surface area contributed by atoms with Crippen molar-refractivity contribution in [1.82, 2.24) is 0 Å². The van der Waals surface area contributed by atoms with Gasteiger partial charge in [-0.05, 0) is 80.8 Å². The first-order chi connectivity index (χ1) is 17.8. The highest BCUT2D eigenvalue weighted by Gasteiger charge is 2.47. The van der Waals surface area contributed by atoms with Crippen molar-refractivity contribution in [3.8, 4) is 11.5 Å². The number of ether oxygens (including phenoxy) is 2. The van der Waals surface area contributed by atoms with Crippen molar-refractivity contribution in [2.75, 3.05) is 29.7 Å². The molecule has 1 fully saturated rings. The first-order valence-corrected chi connectivity index (χ1v) is 12.5. The molecule has 2 aliphatic rings. The van der Waals surface area contributed by atoms with E-state index in [1.165, 1.54) is 4.90 Å². The van der Waals surface area contributed by atoms with Crippen LogP contribution < -0.4 is 19.3 Å². The second-order valence-corrected chi connectivity index (χ2v) is 9.29. The van der Waals surface area contributed by atoms with E-state index >= 15 is 0 Å². The van der Waals surface area contributed by atoms with Crippen molar-refractivity contribution in [2.24, 2.45) is 0 Å². The van der Waals surface area contributed by atoms with E-state index < -0.39 is 17.7 Å². The molecule has 1 unspecified atom stereocenters. The largest absolute Gasteiger partial charge is 0.507 e. The number of aliphatic hydroxyl groups is 1. The van der Waals surface area contributed by atoms with Crippen LogP contribution >= 0.6 is 0 Å². The Labute approximate surface area is 216 Å². The molecular formula is C30H30N2O5. The monoisotopic (exact) mass is 498 g/mol. The molecule has 0 radical (unpaired) electrons. The summed E-state index contributed by atoms with van der Waals surface area (Å²) < 4.78 is 10.8. The summed E-state index contributed by atoms with van der Waals surface area (Å²) >= 11 is 0. The van der Waals surface area contributed by atoms with E-state index in [0.717, 1.165) is 35.5 Å². The molecule has 7 nitrogen and oxygen atoms in total. The topological polar surface area (TPSA) is 79.3 Å². The van der Waals surface area contributed by atoms with Gasteiger partial charge in [0.15, 0.2) is 11.5 Å². The summed E-state index contributed by atoms with van der Waals surface area (Å²) in [5.74, 6) is -0.603. The molecule has 2 aliphatic heterocycles. The van der Waals surface area contributed by atoms with Gasteiger partial charge in [0.1, 0.15) is 5.76 Å². The van der Waals surface area contributed by atoms with Crippen LogP contribution in [0.1, 0.15) is 42.1 Å². The maximum Gasteiger partial charge on any atom is 0.300 e. The zero-order valence-corrected chi connectivity index (χ0v) is 21.4. The summed E-state index contributed by atoms with van der Waals surface area (Å²) in [5, 5.41) is 11.5. The van der Waals surface area contributed by atoms with Gasteiger partial charge in [-0.2, -0.15) is 0 Å². The lowest BCUT2D eigenvalue weighted by atomic mass is 9.94. The third-order valence-corrected chi connectivity index (χ3v) is 7.05. The molecule has 0 bridgehead atoms. The van der Waals surface area contributed by atoms with Crippen molar-refractivity contribution in [3.05, 3.63) is 88.5 Å². The van der Waals surface area contributed by atoms with Crippen LogP contribution in [0, 0.1) is 13.8 Å². The summed E-state index contributed by atoms with van der Waals surface area (Å²) in [6.45, 7) is 9.86. The average Bonchev–Trinajstić information content (AvgIpc) is 3.48. The van der Waals surface area contributed by atoms with E-state index in [4.69, 9.17) is 9.47 Å². The number of rotatable bonds is 6. The number of nitrogens with zero attached hydrogens (tertiary/aromatic N) is 2. The molecule has 3 aromatic carbocycles. The van der Waals surface area contributed by atoms with Crippen LogP contribution in [-0.2, 0) is 9.59 Å². The van der Waals surface area contributed by atoms with E-state index in [1.54, 1.807) is 18.2 Å². The Morgan fingerprint density at radius 2 is 1.65 bits per heavy atom. The SMILES string of the molecule is CCN(CC)c1ccc(C2/C(=C(/O)c3ccc4c(c3)OCO4)C(=O)C(=O)N2c2cc(C)ccc2C)cc1. The van der Waals surface area contributed by atoms with Gasteiger partial charge in [0, 0.05) is 30.0 Å². The Hall–Kier alpha value is -4.26. The summed E-state index contributed by atoms with van der Waals surface area (Å²) in [5.41, 5.74) is 4.68. The number of carbonyl (C=O) groups is 2. The lowest BCUT2D eigenvalue weighted by Crippen LogP contribution is -2.30. The Morgan fingerprint density at radius 1 is 0.946 bits per heavy atom. The predicted octanol–water partition coefficient (Wildman–Crippen LogP) is 5.50. The fourth-order valence-electron chi connectivity index (χ4n) is 5.03. The molecule has 3 aromatic rings. The Bertz CT molecular complexity index is 1410. The van der Waals surface area contributed by atoms with Crippen molar-refractivity contribution in [2.45, 2.75) is 33.7 Å². The number of aryl methyl sites for hydroxylation is 2. The van der Waals surface area contributed by atoms with Crippen LogP contribution in [0.2, 0.25) is 0 Å². The maximum atomic E-state index is 13.5. The standard InChI is InChI=1S/C30H30N2O5/c1-5-31(6-2)22-12-9-20(10-13-22)27-26(28(33)21-11-14-24-25(16-21)37-17-36-24)29(34)30(35)32(27)23-15-18(3)7-8-19(23)4/h7-16,27,33H,5-6,17H2,1-4H3/b28-26-. The van der Waals surface area contributed by atoms with Gasteiger partial charge >= 0.3 is 0 Å². The fraction of sp³-hybridized carbons (Fsp3) is 0.267. The van der Waals surface area contributed by atoms with Crippen molar-refractivity contribution in [1.29, 1.82) is 0 Å². The second-order valence-electron chi connectivity index (χ2n) is 9.29. The lowest BCUT2D eigenvalue weighted by Gasteiger charge is -2.28. The van der Waals surface area contributed by atoms with Gasteiger partial charge in [0.25, 0.3) is 11.7 Å². The molecule has 7 heteroatoms. The minimum atomic E-state index is -0.795. The van der Waals surface area contributed by atoms with Gasteiger partial charge in [0.2, 0.25) is 6.79 Å². The van der Waals surface area contributed by atoms with Crippen LogP contribution in [0.25, 0.3) is 5.76 Å². The van der Waals surface area contributed by atoms with Gasteiger partial charge in [-0.15, -0.1) is 0 Å². The van der Waals surface area contributed by atoms with E-state index in [9.17, 15) is 14.7 Å². The minimum Gasteiger partial charge on any atom is -0.507 e. The molecule has 1 N–H and O–H groups in total. The minimum absolute atomic E-state index is 0.0420. The zero-order chi connectivity index (χ0) is 26.3. The highest BCUT2D eigenvalue weighted by molar-refractivity contribution is 6.51. The van der Waals surface area contributed by atoms with Gasteiger partial charge in [-0.1, -0.05) is 24.3 Å². The fourth-order valence-corrected chi connectivity index (χ4v) is 5.03. The number of hydrogen-bond donors (Lipinski definition) is 1. The van der Waals surface area contributed by atoms with E-state index in [1.807, 2.05) is 56.3 Å². The second kappa shape index (κ2) is 9.65. The smallest absolute Gasteiger partial charge is 0.300 e. The zero-order valence-electron chi connectivity index (χ0n) is 21.4. The van der Waals surface area contributed by atoms with Crippen LogP contribution in [0.4, 0.5) is 11.4 Å². The number of fused-ring (bicyclic) bond motifs is 1. The number of carbonyl (C=O) groups excluding carboxylic acids is 2. The van der Waals surface area contributed by atoms with Crippen molar-refractivity contribution < 1.29 is 24.2 Å².